The van der Waals surface area contributed by atoms with Crippen LogP contribution in [0.1, 0.15) is 5.76 Å². The third-order valence-corrected chi connectivity index (χ3v) is 0.756. The van der Waals surface area contributed by atoms with Crippen LogP contribution in [0, 0.1) is 12.6 Å². The molecule has 0 N–H and O–H groups in total. The molecule has 0 saturated heterocycles. The van der Waals surface area contributed by atoms with E-state index in [-0.39, 0.29) is 5.76 Å². The van der Waals surface area contributed by atoms with E-state index in [2.05, 4.69) is 9.40 Å². The summed E-state index contributed by atoms with van der Waals surface area (Å²) >= 11 is 0. The average Bonchev–Trinajstić information content (AvgIpc) is 2.12. The van der Waals surface area contributed by atoms with Gasteiger partial charge in [-0.05, 0) is 0 Å². The van der Waals surface area contributed by atoms with Crippen molar-refractivity contribution in [3.05, 3.63) is 18.4 Å². The Morgan fingerprint density at radius 1 is 1.50 bits per heavy atom. The first-order valence-corrected chi connectivity index (χ1v) is 2.38. The van der Waals surface area contributed by atoms with Gasteiger partial charge in [-0.1, -0.05) is 0 Å². The molecule has 2 nitrogen and oxygen atoms in total. The van der Waals surface area contributed by atoms with Crippen molar-refractivity contribution in [2.75, 3.05) is 0 Å². The molecule has 0 bridgehead atoms. The predicted octanol–water partition coefficient (Wildman–Crippen LogP) is 1.38. The van der Waals surface area contributed by atoms with E-state index in [0.29, 0.717) is 0 Å². The zero-order valence-corrected chi connectivity index (χ0v) is 4.70. The lowest BCUT2D eigenvalue weighted by molar-refractivity contribution is -0.130. The maximum atomic E-state index is 11.5. The summed E-state index contributed by atoms with van der Waals surface area (Å²) in [6, 6.07) is 0. The molecule has 1 aromatic rings. The molecule has 2 radical (unpaired) electrons. The van der Waals surface area contributed by atoms with Crippen LogP contribution >= 0.6 is 0 Å². The summed E-state index contributed by atoms with van der Waals surface area (Å²) in [5.41, 5.74) is 0. The molecule has 0 aliphatic carbocycles. The number of hydrogen-bond donors (Lipinski definition) is 0. The Morgan fingerprint density at radius 3 is 2.60 bits per heavy atom. The van der Waals surface area contributed by atoms with Gasteiger partial charge in [0.15, 0.2) is 0 Å². The molecule has 0 atom stereocenters. The first-order valence-electron chi connectivity index (χ1n) is 2.38. The Kier molecular flexibility index (Phi) is 1.65. The minimum atomic E-state index is -4.26. The van der Waals surface area contributed by atoms with Gasteiger partial charge < -0.3 is 4.42 Å². The van der Waals surface area contributed by atoms with E-state index in [1.54, 1.807) is 0 Å². The normalized spacial score (nSPS) is 11.9. The summed E-state index contributed by atoms with van der Waals surface area (Å²) in [5.74, 6) is -0.340. The van der Waals surface area contributed by atoms with Gasteiger partial charge in [0.05, 0.1) is 0 Å². The fourth-order valence-electron chi connectivity index (χ4n) is 0.444. The van der Waals surface area contributed by atoms with E-state index in [1.807, 2.05) is 12.6 Å². The zero-order chi connectivity index (χ0) is 7.61. The van der Waals surface area contributed by atoms with Crippen LogP contribution in [0.4, 0.5) is 13.2 Å². The molecule has 10 heavy (non-hydrogen) atoms. The molecule has 5 heteroatoms. The van der Waals surface area contributed by atoms with Gasteiger partial charge in [-0.15, -0.1) is 0 Å². The Hall–Kier alpha value is -1.00. The van der Waals surface area contributed by atoms with Crippen LogP contribution in [-0.2, 0) is 6.42 Å². The third kappa shape index (κ3) is 2.08. The Labute approximate surface area is 54.7 Å². The van der Waals surface area contributed by atoms with Crippen molar-refractivity contribution in [1.29, 1.82) is 0 Å². The molecule has 1 aromatic heterocycles. The van der Waals surface area contributed by atoms with Crippen LogP contribution in [0.15, 0.2) is 4.42 Å². The van der Waals surface area contributed by atoms with Gasteiger partial charge in [0.25, 0.3) is 6.39 Å². The van der Waals surface area contributed by atoms with Crippen LogP contribution in [0.3, 0.4) is 0 Å². The molecule has 0 fully saturated rings. The Bertz CT molecular complexity index is 191. The lowest BCUT2D eigenvalue weighted by Crippen LogP contribution is -2.10. The second kappa shape index (κ2) is 2.32. The van der Waals surface area contributed by atoms with Crippen LogP contribution in [0.5, 0.6) is 0 Å². The summed E-state index contributed by atoms with van der Waals surface area (Å²) < 4.78 is 38.7. The first-order chi connectivity index (χ1) is 4.58. The second-order valence-corrected chi connectivity index (χ2v) is 1.63. The number of alkyl halides is 3. The van der Waals surface area contributed by atoms with E-state index < -0.39 is 12.6 Å². The number of nitrogens with zero attached hydrogens (tertiary/aromatic N) is 1. The highest BCUT2D eigenvalue weighted by molar-refractivity contribution is 4.87. The largest absolute Gasteiger partial charge is 0.436 e. The number of halogens is 3. The summed E-state index contributed by atoms with van der Waals surface area (Å²) in [5, 5.41) is 0. The second-order valence-electron chi connectivity index (χ2n) is 1.63. The van der Waals surface area contributed by atoms with Crippen LogP contribution < -0.4 is 0 Å². The molecule has 0 amide bonds. The monoisotopic (exact) mass is 149 g/mol. The molecular weight excluding hydrogens is 147 g/mol. The lowest BCUT2D eigenvalue weighted by atomic mass is 10.3. The average molecular weight is 149 g/mol. The molecule has 54 valence electrons. The SMILES string of the molecule is FC(F)(F)Cc1[c]n[c]o1. The maximum Gasteiger partial charge on any atom is 0.396 e. The summed E-state index contributed by atoms with van der Waals surface area (Å²) in [7, 11) is 0. The van der Waals surface area contributed by atoms with Crippen LogP contribution in [-0.4, -0.2) is 11.2 Å². The summed E-state index contributed by atoms with van der Waals surface area (Å²) in [6.07, 6.45) is -1.52. The standard InChI is InChI=1S/C5H2F3NO/c6-5(7,8)1-4-2-9-3-10-4/h1H2. The third-order valence-electron chi connectivity index (χ3n) is 0.756. The van der Waals surface area contributed by atoms with Crippen molar-refractivity contribution in [3.8, 4) is 0 Å². The Morgan fingerprint density at radius 2 is 2.20 bits per heavy atom. The number of rotatable bonds is 1. The predicted molar refractivity (Wildman–Crippen MR) is 23.9 cm³/mol. The fourth-order valence-corrected chi connectivity index (χ4v) is 0.444. The molecule has 0 spiro atoms. The molecule has 1 heterocycles. The molecule has 0 unspecified atom stereocenters. The lowest BCUT2D eigenvalue weighted by Gasteiger charge is -2.00. The zero-order valence-electron chi connectivity index (χ0n) is 4.70. The minimum Gasteiger partial charge on any atom is -0.436 e. The van der Waals surface area contributed by atoms with Gasteiger partial charge in [-0.2, -0.15) is 13.2 Å². The Balaban J connectivity index is 2.57. The van der Waals surface area contributed by atoms with Crippen molar-refractivity contribution in [2.24, 2.45) is 0 Å². The number of hydrogen-bond acceptors (Lipinski definition) is 2. The van der Waals surface area contributed by atoms with Crippen molar-refractivity contribution in [2.45, 2.75) is 12.6 Å². The highest BCUT2D eigenvalue weighted by Gasteiger charge is 2.29. The molecule has 1 rings (SSSR count). The highest BCUT2D eigenvalue weighted by Crippen LogP contribution is 2.19. The van der Waals surface area contributed by atoms with Crippen LogP contribution in [0.2, 0.25) is 0 Å². The van der Waals surface area contributed by atoms with Gasteiger partial charge in [0.1, 0.15) is 18.4 Å². The molecular formula is C5H2F3NO. The smallest absolute Gasteiger partial charge is 0.396 e. The quantitative estimate of drug-likeness (QED) is 0.602. The first kappa shape index (κ1) is 7.11. The summed E-state index contributed by atoms with van der Waals surface area (Å²) in [4.78, 5) is 3.09. The van der Waals surface area contributed by atoms with Gasteiger partial charge in [-0.25, -0.2) is 4.98 Å². The van der Waals surface area contributed by atoms with Crippen molar-refractivity contribution in [3.63, 3.8) is 0 Å². The van der Waals surface area contributed by atoms with E-state index in [1.165, 1.54) is 0 Å². The highest BCUT2D eigenvalue weighted by atomic mass is 19.4. The van der Waals surface area contributed by atoms with Gasteiger partial charge in [0, 0.05) is 0 Å². The topological polar surface area (TPSA) is 26.0 Å². The minimum absolute atomic E-state index is 0.340. The van der Waals surface area contributed by atoms with Crippen molar-refractivity contribution in [1.82, 2.24) is 4.98 Å². The van der Waals surface area contributed by atoms with Gasteiger partial charge in [-0.3, -0.25) is 0 Å². The van der Waals surface area contributed by atoms with Crippen LogP contribution in [0.25, 0.3) is 0 Å². The van der Waals surface area contributed by atoms with Gasteiger partial charge >= 0.3 is 6.18 Å². The maximum absolute atomic E-state index is 11.5. The van der Waals surface area contributed by atoms with Crippen molar-refractivity contribution < 1.29 is 17.6 Å². The van der Waals surface area contributed by atoms with E-state index in [0.717, 1.165) is 0 Å². The number of oxazole rings is 1. The molecule has 0 aliphatic rings. The molecule has 0 aliphatic heterocycles. The van der Waals surface area contributed by atoms with E-state index in [4.69, 9.17) is 0 Å². The number of aromatic nitrogens is 1. The van der Waals surface area contributed by atoms with E-state index in [9.17, 15) is 13.2 Å². The van der Waals surface area contributed by atoms with Gasteiger partial charge in [0.2, 0.25) is 0 Å². The van der Waals surface area contributed by atoms with Crippen molar-refractivity contribution >= 4 is 0 Å². The molecule has 0 aromatic carbocycles. The molecule has 0 saturated carbocycles. The summed E-state index contributed by atoms with van der Waals surface area (Å²) in [6.45, 7) is 0. The van der Waals surface area contributed by atoms with E-state index >= 15 is 0 Å². The fraction of sp³-hybridized carbons (Fsp3) is 0.400.